The SMILES string of the molecule is CCNCC1CCN(c2c(F)cc3c(=O)c(C(=O)O)cn(C(C)I)c3c2F)C1I. The maximum absolute atomic E-state index is 15.7. The van der Waals surface area contributed by atoms with Crippen molar-refractivity contribution < 1.29 is 18.7 Å². The number of carboxylic acid groups (broad SMARTS) is 1. The average Bonchev–Trinajstić information content (AvgIpc) is 3.00. The summed E-state index contributed by atoms with van der Waals surface area (Å²) in [5.74, 6) is -2.87. The van der Waals surface area contributed by atoms with Crippen molar-refractivity contribution >= 4 is 67.7 Å². The molecule has 29 heavy (non-hydrogen) atoms. The molecule has 1 saturated heterocycles. The van der Waals surface area contributed by atoms with E-state index in [9.17, 15) is 14.7 Å². The van der Waals surface area contributed by atoms with Crippen LogP contribution < -0.4 is 15.6 Å². The molecule has 1 aromatic carbocycles. The first-order valence-corrected chi connectivity index (χ1v) is 11.7. The zero-order valence-corrected chi connectivity index (χ0v) is 20.2. The van der Waals surface area contributed by atoms with Gasteiger partial charge in [0.1, 0.15) is 17.1 Å². The Morgan fingerprint density at radius 3 is 2.72 bits per heavy atom. The number of rotatable bonds is 6. The number of halogens is 4. The molecule has 0 bridgehead atoms. The highest BCUT2D eigenvalue weighted by Gasteiger charge is 2.36. The molecule has 3 unspecified atom stereocenters. The number of benzene rings is 1. The van der Waals surface area contributed by atoms with Crippen LogP contribution in [0.2, 0.25) is 0 Å². The van der Waals surface area contributed by atoms with Crippen molar-refractivity contribution in [1.82, 2.24) is 9.88 Å². The number of aromatic nitrogens is 1. The van der Waals surface area contributed by atoms with Crippen LogP contribution in [0.5, 0.6) is 0 Å². The van der Waals surface area contributed by atoms with E-state index < -0.39 is 28.6 Å². The molecule has 6 nitrogen and oxygen atoms in total. The smallest absolute Gasteiger partial charge is 0.341 e. The molecule has 0 aliphatic carbocycles. The fourth-order valence-corrected chi connectivity index (χ4v) is 5.32. The van der Waals surface area contributed by atoms with E-state index in [4.69, 9.17) is 0 Å². The molecular weight excluding hydrogens is 610 g/mol. The predicted octanol–water partition coefficient (Wildman–Crippen LogP) is 4.13. The topological polar surface area (TPSA) is 74.6 Å². The Morgan fingerprint density at radius 1 is 1.45 bits per heavy atom. The van der Waals surface area contributed by atoms with Gasteiger partial charge in [-0.3, -0.25) is 4.79 Å². The summed E-state index contributed by atoms with van der Waals surface area (Å²) in [5.41, 5.74) is -1.63. The summed E-state index contributed by atoms with van der Waals surface area (Å²) in [6.45, 7) is 5.83. The van der Waals surface area contributed by atoms with Gasteiger partial charge >= 0.3 is 5.97 Å². The number of nitrogens with zero attached hydrogens (tertiary/aromatic N) is 2. The highest BCUT2D eigenvalue weighted by Crippen LogP contribution is 2.39. The van der Waals surface area contributed by atoms with E-state index in [0.717, 1.165) is 31.8 Å². The summed E-state index contributed by atoms with van der Waals surface area (Å²) in [6, 6.07) is 0.971. The van der Waals surface area contributed by atoms with Gasteiger partial charge in [-0.15, -0.1) is 0 Å². The van der Waals surface area contributed by atoms with Crippen molar-refractivity contribution in [2.45, 2.75) is 28.4 Å². The lowest BCUT2D eigenvalue weighted by molar-refractivity contribution is 0.0695. The van der Waals surface area contributed by atoms with Crippen LogP contribution >= 0.6 is 45.2 Å². The maximum Gasteiger partial charge on any atom is 0.341 e. The fourth-order valence-electron chi connectivity index (χ4n) is 3.71. The van der Waals surface area contributed by atoms with Crippen molar-refractivity contribution in [3.8, 4) is 0 Å². The van der Waals surface area contributed by atoms with E-state index in [2.05, 4.69) is 27.9 Å². The molecule has 3 rings (SSSR count). The molecule has 0 spiro atoms. The maximum atomic E-state index is 15.7. The van der Waals surface area contributed by atoms with Gasteiger partial charge in [-0.2, -0.15) is 0 Å². The monoisotopic (exact) mass is 631 g/mol. The van der Waals surface area contributed by atoms with Crippen LogP contribution in [0, 0.1) is 17.6 Å². The largest absolute Gasteiger partial charge is 0.477 e. The quantitative estimate of drug-likeness (QED) is 0.285. The van der Waals surface area contributed by atoms with Gasteiger partial charge in [-0.25, -0.2) is 13.6 Å². The van der Waals surface area contributed by atoms with Crippen LogP contribution in [-0.2, 0) is 0 Å². The van der Waals surface area contributed by atoms with E-state index in [1.807, 2.05) is 29.5 Å². The summed E-state index contributed by atoms with van der Waals surface area (Å²) in [4.78, 5) is 25.7. The number of anilines is 1. The summed E-state index contributed by atoms with van der Waals surface area (Å²) >= 11 is 4.20. The highest BCUT2D eigenvalue weighted by atomic mass is 127. The second kappa shape index (κ2) is 9.00. The van der Waals surface area contributed by atoms with Gasteiger partial charge in [0.25, 0.3) is 0 Å². The standard InChI is InChI=1S/C19H21F2I2N3O3/c1-3-24-7-10-4-5-25(18(10)23)16-13(20)6-11-15(14(16)21)26(9(2)22)8-12(17(11)27)19(28)29/h6,8-10,18,24H,3-5,7H2,1-2H3,(H,28,29). The number of carboxylic acids is 1. The molecule has 2 aromatic rings. The van der Waals surface area contributed by atoms with Gasteiger partial charge in [0.2, 0.25) is 5.43 Å². The fraction of sp³-hybridized carbons (Fsp3) is 0.474. The van der Waals surface area contributed by atoms with Crippen molar-refractivity contribution in [2.24, 2.45) is 5.92 Å². The molecular formula is C19H21F2I2N3O3. The number of fused-ring (bicyclic) bond motifs is 1. The minimum absolute atomic E-state index is 0.0722. The molecule has 0 saturated carbocycles. The molecule has 2 N–H and O–H groups in total. The molecule has 0 radical (unpaired) electrons. The number of hydrogen-bond donors (Lipinski definition) is 2. The Hall–Kier alpha value is -1.02. The molecule has 1 aliphatic heterocycles. The molecule has 1 aromatic heterocycles. The van der Waals surface area contributed by atoms with Gasteiger partial charge in [0.05, 0.1) is 19.0 Å². The van der Waals surface area contributed by atoms with Crippen molar-refractivity contribution in [1.29, 1.82) is 0 Å². The second-order valence-corrected chi connectivity index (χ2v) is 10.1. The second-order valence-electron chi connectivity index (χ2n) is 7.00. The Labute approximate surface area is 193 Å². The molecule has 3 atom stereocenters. The Kier molecular flexibility index (Phi) is 7.03. The van der Waals surface area contributed by atoms with Gasteiger partial charge in [0.15, 0.2) is 5.82 Å². The van der Waals surface area contributed by atoms with Crippen LogP contribution in [0.15, 0.2) is 17.1 Å². The van der Waals surface area contributed by atoms with E-state index in [0.29, 0.717) is 6.54 Å². The van der Waals surface area contributed by atoms with E-state index in [-0.39, 0.29) is 30.6 Å². The van der Waals surface area contributed by atoms with E-state index in [1.54, 1.807) is 11.8 Å². The van der Waals surface area contributed by atoms with Gasteiger partial charge in [-0.1, -0.05) is 52.1 Å². The molecule has 1 fully saturated rings. The first-order valence-electron chi connectivity index (χ1n) is 9.24. The van der Waals surface area contributed by atoms with E-state index in [1.165, 1.54) is 4.57 Å². The first kappa shape index (κ1) is 22.7. The molecule has 2 heterocycles. The number of carbonyl (C=O) groups is 1. The Balaban J connectivity index is 2.21. The molecule has 10 heteroatoms. The lowest BCUT2D eigenvalue weighted by Gasteiger charge is -2.27. The molecule has 158 valence electrons. The minimum Gasteiger partial charge on any atom is -0.477 e. The highest BCUT2D eigenvalue weighted by molar-refractivity contribution is 14.1. The lowest BCUT2D eigenvalue weighted by Crippen LogP contribution is -2.33. The number of hydrogen-bond acceptors (Lipinski definition) is 4. The zero-order chi connectivity index (χ0) is 21.5. The molecule has 1 aliphatic rings. The Morgan fingerprint density at radius 2 is 2.14 bits per heavy atom. The predicted molar refractivity (Wildman–Crippen MR) is 126 cm³/mol. The van der Waals surface area contributed by atoms with Gasteiger partial charge in [0, 0.05) is 25.2 Å². The van der Waals surface area contributed by atoms with Crippen LogP contribution in [0.4, 0.5) is 14.5 Å². The third kappa shape index (κ3) is 4.11. The summed E-state index contributed by atoms with van der Waals surface area (Å²) in [5, 5.41) is 12.3. The summed E-state index contributed by atoms with van der Waals surface area (Å²) < 4.78 is 31.6. The van der Waals surface area contributed by atoms with E-state index >= 15 is 8.78 Å². The third-order valence-corrected chi connectivity index (χ3v) is 7.46. The van der Waals surface area contributed by atoms with Crippen LogP contribution in [-0.4, -0.2) is 39.3 Å². The third-order valence-electron chi connectivity index (χ3n) is 5.17. The van der Waals surface area contributed by atoms with Crippen molar-refractivity contribution in [3.05, 3.63) is 39.7 Å². The van der Waals surface area contributed by atoms with Gasteiger partial charge in [-0.05, 0) is 26.0 Å². The summed E-state index contributed by atoms with van der Waals surface area (Å²) in [7, 11) is 0. The van der Waals surface area contributed by atoms with Crippen molar-refractivity contribution in [2.75, 3.05) is 24.5 Å². The minimum atomic E-state index is -1.43. The van der Waals surface area contributed by atoms with Crippen molar-refractivity contribution in [3.63, 3.8) is 0 Å². The Bertz CT molecular complexity index is 1010. The summed E-state index contributed by atoms with van der Waals surface area (Å²) in [6.07, 6.45) is 1.93. The van der Waals surface area contributed by atoms with Crippen LogP contribution in [0.3, 0.4) is 0 Å². The average molecular weight is 631 g/mol. The van der Waals surface area contributed by atoms with Crippen LogP contribution in [0.1, 0.15) is 34.7 Å². The lowest BCUT2D eigenvalue weighted by atomic mass is 10.1. The first-order chi connectivity index (χ1) is 13.7. The molecule has 0 amide bonds. The van der Waals surface area contributed by atoms with Gasteiger partial charge < -0.3 is 19.9 Å². The normalized spacial score (nSPS) is 20.4. The van der Waals surface area contributed by atoms with Crippen LogP contribution in [0.25, 0.3) is 10.9 Å². The number of alkyl halides is 2. The number of pyridine rings is 1. The number of nitrogens with one attached hydrogen (secondary N) is 1. The number of aromatic carboxylic acids is 1. The zero-order valence-electron chi connectivity index (χ0n) is 15.9.